The number of nitrogens with one attached hydrogen (secondary N) is 1. The van der Waals surface area contributed by atoms with E-state index in [1.54, 1.807) is 11.9 Å². The van der Waals surface area contributed by atoms with E-state index >= 15 is 0 Å². The van der Waals surface area contributed by atoms with Gasteiger partial charge >= 0.3 is 12.1 Å². The number of nitrogens with zero attached hydrogens (tertiary/aromatic N) is 3. The molecule has 2 fully saturated rings. The Morgan fingerprint density at radius 2 is 2.17 bits per heavy atom. The summed E-state index contributed by atoms with van der Waals surface area (Å²) >= 11 is 0. The average molecular weight is 334 g/mol. The summed E-state index contributed by atoms with van der Waals surface area (Å²) in [5.41, 5.74) is 0.787. The Labute approximate surface area is 142 Å². The summed E-state index contributed by atoms with van der Waals surface area (Å²) in [6.07, 6.45) is 4.94. The van der Waals surface area contributed by atoms with Crippen LogP contribution in [0.2, 0.25) is 0 Å². The van der Waals surface area contributed by atoms with E-state index in [9.17, 15) is 9.59 Å². The number of aryl methyl sites for hydroxylation is 1. The normalized spacial score (nSPS) is 24.2. The van der Waals surface area contributed by atoms with Crippen LogP contribution in [0.3, 0.4) is 0 Å². The first-order valence-electron chi connectivity index (χ1n) is 8.56. The van der Waals surface area contributed by atoms with Crippen molar-refractivity contribution in [3.8, 4) is 0 Å². The van der Waals surface area contributed by atoms with Crippen molar-refractivity contribution in [1.29, 1.82) is 0 Å². The zero-order valence-electron chi connectivity index (χ0n) is 14.5. The molecule has 0 radical (unpaired) electrons. The molecule has 3 rings (SSSR count). The van der Waals surface area contributed by atoms with Gasteiger partial charge in [-0.15, -0.1) is 0 Å². The van der Waals surface area contributed by atoms with Crippen molar-refractivity contribution in [1.82, 2.24) is 19.7 Å². The zero-order chi connectivity index (χ0) is 17.2. The number of aromatic nitrogens is 1. The minimum Gasteiger partial charge on any atom is -0.441 e. The molecule has 24 heavy (non-hydrogen) atoms. The SMILES string of the molecule is CN1CC2(CCCN(C(=O)NCCc3cccn3C)CC2)OC1=O. The Kier molecular flexibility index (Phi) is 4.69. The maximum absolute atomic E-state index is 12.4. The molecule has 7 heteroatoms. The van der Waals surface area contributed by atoms with Gasteiger partial charge in [0.2, 0.25) is 0 Å². The lowest BCUT2D eigenvalue weighted by molar-refractivity contribution is 0.0453. The van der Waals surface area contributed by atoms with Crippen molar-refractivity contribution in [2.45, 2.75) is 31.3 Å². The molecule has 1 aromatic heterocycles. The van der Waals surface area contributed by atoms with Gasteiger partial charge in [-0.3, -0.25) is 0 Å². The summed E-state index contributed by atoms with van der Waals surface area (Å²) in [5, 5.41) is 3.00. The lowest BCUT2D eigenvalue weighted by atomic mass is 9.95. The maximum Gasteiger partial charge on any atom is 0.410 e. The van der Waals surface area contributed by atoms with E-state index in [-0.39, 0.29) is 12.1 Å². The number of ether oxygens (including phenoxy) is 1. The van der Waals surface area contributed by atoms with Crippen LogP contribution in [0.25, 0.3) is 0 Å². The summed E-state index contributed by atoms with van der Waals surface area (Å²) < 4.78 is 7.64. The summed E-state index contributed by atoms with van der Waals surface area (Å²) in [6, 6.07) is 4.04. The molecule has 132 valence electrons. The van der Waals surface area contributed by atoms with Gasteiger partial charge in [0, 0.05) is 58.5 Å². The second kappa shape index (κ2) is 6.75. The van der Waals surface area contributed by atoms with Gasteiger partial charge in [-0.1, -0.05) is 0 Å². The molecule has 3 amide bonds. The third-order valence-electron chi connectivity index (χ3n) is 5.03. The number of carbonyl (C=O) groups is 2. The number of urea groups is 1. The molecule has 0 aliphatic carbocycles. The molecule has 3 heterocycles. The lowest BCUT2D eigenvalue weighted by Crippen LogP contribution is -2.42. The molecule has 2 aliphatic heterocycles. The second-order valence-corrected chi connectivity index (χ2v) is 6.84. The van der Waals surface area contributed by atoms with Gasteiger partial charge in [-0.2, -0.15) is 0 Å². The van der Waals surface area contributed by atoms with Crippen LogP contribution in [0, 0.1) is 0 Å². The standard InChI is InChI=1S/C17H26N4O3/c1-19-10-3-5-14(19)6-9-18-15(22)21-11-4-7-17(8-12-21)13-20(2)16(23)24-17/h3,5,10H,4,6-9,11-13H2,1-2H3,(H,18,22). The van der Waals surface area contributed by atoms with Crippen molar-refractivity contribution in [2.24, 2.45) is 7.05 Å². The summed E-state index contributed by atoms with van der Waals surface area (Å²) in [6.45, 7) is 2.57. The Balaban J connectivity index is 1.48. The Bertz CT molecular complexity index is 615. The Morgan fingerprint density at radius 3 is 2.83 bits per heavy atom. The highest BCUT2D eigenvalue weighted by molar-refractivity contribution is 5.74. The topological polar surface area (TPSA) is 66.8 Å². The molecular weight excluding hydrogens is 308 g/mol. The Hall–Kier alpha value is -2.18. The third kappa shape index (κ3) is 3.49. The van der Waals surface area contributed by atoms with Crippen LogP contribution in [0.1, 0.15) is 25.0 Å². The first kappa shape index (κ1) is 16.7. The molecule has 1 N–H and O–H groups in total. The van der Waals surface area contributed by atoms with Crippen LogP contribution in [-0.2, 0) is 18.2 Å². The number of carbonyl (C=O) groups excluding carboxylic acids is 2. The number of likely N-dealkylation sites (tertiary alicyclic amines) is 1. The van der Waals surface area contributed by atoms with Gasteiger partial charge in [0.1, 0.15) is 5.60 Å². The predicted molar refractivity (Wildman–Crippen MR) is 89.8 cm³/mol. The van der Waals surface area contributed by atoms with Gasteiger partial charge < -0.3 is 24.4 Å². The van der Waals surface area contributed by atoms with E-state index in [2.05, 4.69) is 16.0 Å². The molecule has 7 nitrogen and oxygen atoms in total. The molecule has 0 saturated carbocycles. The summed E-state index contributed by atoms with van der Waals surface area (Å²) in [5.74, 6) is 0. The van der Waals surface area contributed by atoms with Crippen molar-refractivity contribution in [2.75, 3.05) is 33.2 Å². The first-order chi connectivity index (χ1) is 11.5. The fourth-order valence-corrected chi connectivity index (χ4v) is 3.59. The number of likely N-dealkylation sites (N-methyl/N-ethyl adjacent to an activating group) is 1. The fraction of sp³-hybridized carbons (Fsp3) is 0.647. The van der Waals surface area contributed by atoms with E-state index in [4.69, 9.17) is 4.74 Å². The summed E-state index contributed by atoms with van der Waals surface area (Å²) in [4.78, 5) is 27.5. The predicted octanol–water partition coefficient (Wildman–Crippen LogP) is 1.58. The lowest BCUT2D eigenvalue weighted by Gasteiger charge is -2.25. The van der Waals surface area contributed by atoms with Crippen LogP contribution in [0.4, 0.5) is 9.59 Å². The van der Waals surface area contributed by atoms with Crippen LogP contribution in [0.15, 0.2) is 18.3 Å². The quantitative estimate of drug-likeness (QED) is 0.913. The zero-order valence-corrected chi connectivity index (χ0v) is 14.5. The van der Waals surface area contributed by atoms with Crippen molar-refractivity contribution >= 4 is 12.1 Å². The van der Waals surface area contributed by atoms with Crippen LogP contribution in [-0.4, -0.2) is 65.3 Å². The van der Waals surface area contributed by atoms with Gasteiger partial charge in [0.05, 0.1) is 6.54 Å². The number of amides is 3. The van der Waals surface area contributed by atoms with E-state index in [1.165, 1.54) is 5.69 Å². The number of hydrogen-bond donors (Lipinski definition) is 1. The minimum atomic E-state index is -0.413. The molecular formula is C17H26N4O3. The van der Waals surface area contributed by atoms with Crippen molar-refractivity contribution < 1.29 is 14.3 Å². The molecule has 2 saturated heterocycles. The molecule has 2 aliphatic rings. The molecule has 0 bridgehead atoms. The van der Waals surface area contributed by atoms with Gasteiger partial charge in [0.15, 0.2) is 0 Å². The molecule has 0 aromatic carbocycles. The maximum atomic E-state index is 12.4. The minimum absolute atomic E-state index is 0.0288. The second-order valence-electron chi connectivity index (χ2n) is 6.84. The largest absolute Gasteiger partial charge is 0.441 e. The van der Waals surface area contributed by atoms with Gasteiger partial charge in [-0.25, -0.2) is 9.59 Å². The Morgan fingerprint density at radius 1 is 1.33 bits per heavy atom. The van der Waals surface area contributed by atoms with E-state index in [0.717, 1.165) is 19.3 Å². The fourth-order valence-electron chi connectivity index (χ4n) is 3.59. The average Bonchev–Trinajstić information content (AvgIpc) is 2.98. The van der Waals surface area contributed by atoms with Crippen molar-refractivity contribution in [3.05, 3.63) is 24.0 Å². The van der Waals surface area contributed by atoms with Crippen LogP contribution >= 0.6 is 0 Å². The smallest absolute Gasteiger partial charge is 0.410 e. The highest BCUT2D eigenvalue weighted by atomic mass is 16.6. The molecule has 1 spiro atoms. The highest BCUT2D eigenvalue weighted by Gasteiger charge is 2.44. The molecule has 1 atom stereocenters. The highest BCUT2D eigenvalue weighted by Crippen LogP contribution is 2.32. The van der Waals surface area contributed by atoms with Gasteiger partial charge in [0.25, 0.3) is 0 Å². The molecule has 1 aromatic rings. The molecule has 1 unspecified atom stereocenters. The van der Waals surface area contributed by atoms with E-state index in [1.807, 2.05) is 24.2 Å². The van der Waals surface area contributed by atoms with Crippen LogP contribution in [0.5, 0.6) is 0 Å². The van der Waals surface area contributed by atoms with Crippen molar-refractivity contribution in [3.63, 3.8) is 0 Å². The van der Waals surface area contributed by atoms with Gasteiger partial charge in [-0.05, 0) is 25.0 Å². The first-order valence-corrected chi connectivity index (χ1v) is 8.56. The monoisotopic (exact) mass is 334 g/mol. The number of rotatable bonds is 3. The van der Waals surface area contributed by atoms with E-state index < -0.39 is 5.60 Å². The van der Waals surface area contributed by atoms with Crippen LogP contribution < -0.4 is 5.32 Å². The third-order valence-corrected chi connectivity index (χ3v) is 5.03. The van der Waals surface area contributed by atoms with E-state index in [0.29, 0.717) is 32.6 Å². The summed E-state index contributed by atoms with van der Waals surface area (Å²) in [7, 11) is 3.77. The number of hydrogen-bond acceptors (Lipinski definition) is 3.